The Morgan fingerprint density at radius 2 is 1.76 bits per heavy atom. The third kappa shape index (κ3) is 3.98. The first-order valence-corrected chi connectivity index (χ1v) is 9.91. The lowest BCUT2D eigenvalue weighted by Crippen LogP contribution is -2.58. The molecule has 2 saturated heterocycles. The number of rotatable bonds is 3. The van der Waals surface area contributed by atoms with Gasteiger partial charge in [-0.25, -0.2) is 0 Å². The summed E-state index contributed by atoms with van der Waals surface area (Å²) in [6, 6.07) is 15.5. The van der Waals surface area contributed by atoms with Gasteiger partial charge in [-0.15, -0.1) is 0 Å². The Balaban J connectivity index is 1.46. The van der Waals surface area contributed by atoms with E-state index >= 15 is 0 Å². The van der Waals surface area contributed by atoms with Crippen molar-refractivity contribution < 1.29 is 19.1 Å². The van der Waals surface area contributed by atoms with E-state index in [0.717, 1.165) is 29.7 Å². The Labute approximate surface area is 171 Å². The van der Waals surface area contributed by atoms with Crippen molar-refractivity contribution in [3.63, 3.8) is 0 Å². The van der Waals surface area contributed by atoms with Gasteiger partial charge in [0, 0.05) is 32.2 Å². The number of methoxy groups -OCH3 is 1. The zero-order valence-corrected chi connectivity index (χ0v) is 16.9. The molecule has 2 aliphatic rings. The van der Waals surface area contributed by atoms with Gasteiger partial charge in [-0.2, -0.15) is 0 Å². The monoisotopic (exact) mass is 394 g/mol. The first-order valence-electron chi connectivity index (χ1n) is 9.91. The number of hydrogen-bond acceptors (Lipinski definition) is 4. The van der Waals surface area contributed by atoms with Crippen LogP contribution in [0.1, 0.15) is 23.2 Å². The number of likely N-dealkylation sites (N-methyl/N-ethyl adjacent to an activating group) is 1. The van der Waals surface area contributed by atoms with Gasteiger partial charge in [0.05, 0.1) is 12.7 Å². The molecule has 0 atom stereocenters. The Kier molecular flexibility index (Phi) is 5.28. The minimum absolute atomic E-state index is 0.0171. The van der Waals surface area contributed by atoms with Gasteiger partial charge in [-0.1, -0.05) is 24.3 Å². The lowest BCUT2D eigenvalue weighted by Gasteiger charge is -2.46. The van der Waals surface area contributed by atoms with Crippen LogP contribution < -0.4 is 4.74 Å². The third-order valence-electron chi connectivity index (χ3n) is 5.93. The zero-order chi connectivity index (χ0) is 20.4. The molecule has 0 bridgehead atoms. The third-order valence-corrected chi connectivity index (χ3v) is 5.93. The molecule has 0 saturated carbocycles. The fourth-order valence-electron chi connectivity index (χ4n) is 4.13. The van der Waals surface area contributed by atoms with Crippen LogP contribution in [0.3, 0.4) is 0 Å². The maximum atomic E-state index is 13.1. The van der Waals surface area contributed by atoms with Crippen LogP contribution in [-0.4, -0.2) is 67.6 Å². The van der Waals surface area contributed by atoms with Gasteiger partial charge in [0.15, 0.2) is 0 Å². The van der Waals surface area contributed by atoms with Crippen LogP contribution in [0.15, 0.2) is 48.5 Å². The summed E-state index contributed by atoms with van der Waals surface area (Å²) in [5.74, 6) is 0.838. The summed E-state index contributed by atoms with van der Waals surface area (Å²) in [6.07, 6.45) is 1.48. The van der Waals surface area contributed by atoms with Gasteiger partial charge in [0.25, 0.3) is 5.91 Å². The van der Waals surface area contributed by atoms with Crippen molar-refractivity contribution in [3.8, 4) is 16.9 Å². The Morgan fingerprint density at radius 1 is 1.07 bits per heavy atom. The van der Waals surface area contributed by atoms with Crippen molar-refractivity contribution >= 4 is 11.8 Å². The lowest BCUT2D eigenvalue weighted by molar-refractivity contribution is -0.167. The zero-order valence-electron chi connectivity index (χ0n) is 16.9. The Morgan fingerprint density at radius 3 is 2.45 bits per heavy atom. The quantitative estimate of drug-likeness (QED) is 0.803. The maximum Gasteiger partial charge on any atom is 0.253 e. The van der Waals surface area contributed by atoms with E-state index < -0.39 is 0 Å². The Hall–Kier alpha value is -2.86. The average Bonchev–Trinajstić information content (AvgIpc) is 2.77. The fraction of sp³-hybridized carbons (Fsp3) is 0.391. The summed E-state index contributed by atoms with van der Waals surface area (Å²) in [4.78, 5) is 28.4. The molecule has 29 heavy (non-hydrogen) atoms. The highest BCUT2D eigenvalue weighted by Gasteiger charge is 2.42. The smallest absolute Gasteiger partial charge is 0.253 e. The second-order valence-electron chi connectivity index (χ2n) is 7.83. The SMILES string of the molecule is COc1cccc(-c2cccc(C(=O)N3CCC4(CC3)CN(C)C(=O)CO4)c2)c1. The number of hydrogen-bond donors (Lipinski definition) is 0. The molecule has 2 fully saturated rings. The summed E-state index contributed by atoms with van der Waals surface area (Å²) in [6.45, 7) is 1.99. The minimum atomic E-state index is -0.318. The van der Waals surface area contributed by atoms with Gasteiger partial charge in [-0.05, 0) is 48.2 Å². The second-order valence-corrected chi connectivity index (χ2v) is 7.83. The van der Waals surface area contributed by atoms with Crippen LogP contribution in [0.25, 0.3) is 11.1 Å². The van der Waals surface area contributed by atoms with Crippen molar-refractivity contribution in [1.29, 1.82) is 0 Å². The summed E-state index contributed by atoms with van der Waals surface area (Å²) >= 11 is 0. The predicted molar refractivity (Wildman–Crippen MR) is 110 cm³/mol. The highest BCUT2D eigenvalue weighted by molar-refractivity contribution is 5.95. The number of ether oxygens (including phenoxy) is 2. The molecule has 2 heterocycles. The van der Waals surface area contributed by atoms with Gasteiger partial charge in [0.2, 0.25) is 5.91 Å². The van der Waals surface area contributed by atoms with E-state index in [0.29, 0.717) is 25.2 Å². The number of carbonyl (C=O) groups excluding carboxylic acids is 2. The van der Waals surface area contributed by atoms with E-state index in [9.17, 15) is 9.59 Å². The number of piperidine rings is 1. The van der Waals surface area contributed by atoms with Crippen LogP contribution >= 0.6 is 0 Å². The minimum Gasteiger partial charge on any atom is -0.497 e. The van der Waals surface area contributed by atoms with E-state index in [1.165, 1.54) is 0 Å². The van der Waals surface area contributed by atoms with Crippen LogP contribution in [0.2, 0.25) is 0 Å². The highest BCUT2D eigenvalue weighted by Crippen LogP contribution is 2.31. The fourth-order valence-corrected chi connectivity index (χ4v) is 4.13. The molecule has 0 radical (unpaired) electrons. The summed E-state index contributed by atoms with van der Waals surface area (Å²) in [5, 5.41) is 0. The van der Waals surface area contributed by atoms with Crippen LogP contribution in [0, 0.1) is 0 Å². The molecule has 1 spiro atoms. The molecule has 2 aromatic carbocycles. The van der Waals surface area contributed by atoms with E-state index in [4.69, 9.17) is 9.47 Å². The average molecular weight is 394 g/mol. The van der Waals surface area contributed by atoms with E-state index in [2.05, 4.69) is 0 Å². The summed E-state index contributed by atoms with van der Waals surface area (Å²) < 4.78 is 11.2. The van der Waals surface area contributed by atoms with Crippen molar-refractivity contribution in [2.24, 2.45) is 0 Å². The van der Waals surface area contributed by atoms with E-state index in [-0.39, 0.29) is 24.0 Å². The molecule has 0 aromatic heterocycles. The molecular formula is C23H26N2O4. The molecule has 6 nitrogen and oxygen atoms in total. The highest BCUT2D eigenvalue weighted by atomic mass is 16.5. The van der Waals surface area contributed by atoms with Gasteiger partial charge >= 0.3 is 0 Å². The van der Waals surface area contributed by atoms with Gasteiger partial charge in [-0.3, -0.25) is 9.59 Å². The van der Waals surface area contributed by atoms with Crippen LogP contribution in [-0.2, 0) is 9.53 Å². The number of nitrogens with zero attached hydrogens (tertiary/aromatic N) is 2. The molecule has 0 aliphatic carbocycles. The number of likely N-dealkylation sites (tertiary alicyclic amines) is 1. The lowest BCUT2D eigenvalue weighted by atomic mass is 9.89. The van der Waals surface area contributed by atoms with Crippen molar-refractivity contribution in [2.45, 2.75) is 18.4 Å². The number of carbonyl (C=O) groups is 2. The van der Waals surface area contributed by atoms with Crippen LogP contribution in [0.4, 0.5) is 0 Å². The normalized spacial score (nSPS) is 18.8. The number of benzene rings is 2. The number of morpholine rings is 1. The summed E-state index contributed by atoms with van der Waals surface area (Å²) in [7, 11) is 3.46. The largest absolute Gasteiger partial charge is 0.497 e. The van der Waals surface area contributed by atoms with Gasteiger partial charge < -0.3 is 19.3 Å². The predicted octanol–water partition coefficient (Wildman–Crippen LogP) is 2.83. The standard InChI is InChI=1S/C23H26N2O4/c1-24-16-23(29-15-21(24)26)9-11-25(12-10-23)22(27)19-7-3-5-17(13-19)18-6-4-8-20(14-18)28-2/h3-8,13-14H,9-12,15-16H2,1-2H3. The first-order chi connectivity index (χ1) is 14.0. The molecular weight excluding hydrogens is 368 g/mol. The topological polar surface area (TPSA) is 59.1 Å². The molecule has 4 rings (SSSR count). The number of amides is 2. The maximum absolute atomic E-state index is 13.1. The molecule has 2 aliphatic heterocycles. The molecule has 6 heteroatoms. The van der Waals surface area contributed by atoms with E-state index in [1.807, 2.05) is 60.5 Å². The second kappa shape index (κ2) is 7.87. The first kappa shape index (κ1) is 19.5. The van der Waals surface area contributed by atoms with Crippen LogP contribution in [0.5, 0.6) is 5.75 Å². The molecule has 2 aromatic rings. The molecule has 152 valence electrons. The molecule has 0 unspecified atom stereocenters. The van der Waals surface area contributed by atoms with Gasteiger partial charge in [0.1, 0.15) is 12.4 Å². The summed E-state index contributed by atoms with van der Waals surface area (Å²) in [5.41, 5.74) is 2.36. The Bertz CT molecular complexity index is 919. The molecule has 2 amide bonds. The molecule has 0 N–H and O–H groups in total. The van der Waals surface area contributed by atoms with Crippen molar-refractivity contribution in [1.82, 2.24) is 9.80 Å². The van der Waals surface area contributed by atoms with Crippen molar-refractivity contribution in [2.75, 3.05) is 40.4 Å². The van der Waals surface area contributed by atoms with E-state index in [1.54, 1.807) is 12.0 Å². The van der Waals surface area contributed by atoms with Crippen molar-refractivity contribution in [3.05, 3.63) is 54.1 Å².